The second-order valence-electron chi connectivity index (χ2n) is 5.21. The Morgan fingerprint density at radius 1 is 1.40 bits per heavy atom. The quantitative estimate of drug-likeness (QED) is 0.792. The summed E-state index contributed by atoms with van der Waals surface area (Å²) in [6.07, 6.45) is 0.931. The third kappa shape index (κ3) is 1.31. The largest absolute Gasteiger partial charge is 0.395 e. The summed E-state index contributed by atoms with van der Waals surface area (Å²) < 4.78 is 13.4. The van der Waals surface area contributed by atoms with Crippen LogP contribution in [0.3, 0.4) is 0 Å². The Labute approximate surface area is 89.9 Å². The van der Waals surface area contributed by atoms with Crippen molar-refractivity contribution in [3.63, 3.8) is 0 Å². The number of aliphatic hydroxyl groups is 1. The number of aliphatic hydroxyl groups excluding tert-OH is 1. The van der Waals surface area contributed by atoms with Gasteiger partial charge in [-0.15, -0.1) is 0 Å². The van der Waals surface area contributed by atoms with Crippen LogP contribution < -0.4 is 0 Å². The molecule has 0 heterocycles. The van der Waals surface area contributed by atoms with Gasteiger partial charge in [0.15, 0.2) is 0 Å². The zero-order chi connectivity index (χ0) is 11.3. The second-order valence-corrected chi connectivity index (χ2v) is 5.21. The van der Waals surface area contributed by atoms with Crippen LogP contribution in [0, 0.1) is 18.2 Å². The van der Waals surface area contributed by atoms with Crippen LogP contribution in [0.4, 0.5) is 4.39 Å². The van der Waals surface area contributed by atoms with Gasteiger partial charge in [0.1, 0.15) is 5.82 Å². The Morgan fingerprint density at radius 2 is 2.00 bits per heavy atom. The predicted octanol–water partition coefficient (Wildman–Crippen LogP) is 2.79. The van der Waals surface area contributed by atoms with Gasteiger partial charge in [-0.1, -0.05) is 26.0 Å². The highest BCUT2D eigenvalue weighted by Crippen LogP contribution is 2.64. The minimum Gasteiger partial charge on any atom is -0.395 e. The summed E-state index contributed by atoms with van der Waals surface area (Å²) in [4.78, 5) is 0. The van der Waals surface area contributed by atoms with E-state index in [1.165, 1.54) is 6.07 Å². The molecule has 1 aromatic carbocycles. The molecular weight excluding hydrogens is 191 g/mol. The van der Waals surface area contributed by atoms with E-state index in [9.17, 15) is 9.50 Å². The summed E-state index contributed by atoms with van der Waals surface area (Å²) in [6.45, 7) is 6.13. The Bertz CT molecular complexity index is 398. The van der Waals surface area contributed by atoms with Crippen molar-refractivity contribution in [2.45, 2.75) is 32.6 Å². The van der Waals surface area contributed by atoms with Gasteiger partial charge < -0.3 is 5.11 Å². The van der Waals surface area contributed by atoms with E-state index in [0.29, 0.717) is 5.56 Å². The van der Waals surface area contributed by atoms with Crippen molar-refractivity contribution in [1.29, 1.82) is 0 Å². The lowest BCUT2D eigenvalue weighted by Gasteiger charge is -2.20. The molecule has 2 rings (SSSR count). The fourth-order valence-corrected chi connectivity index (χ4v) is 2.65. The topological polar surface area (TPSA) is 20.2 Å². The van der Waals surface area contributed by atoms with Gasteiger partial charge in [0.25, 0.3) is 0 Å². The lowest BCUT2D eigenvalue weighted by molar-refractivity contribution is 0.230. The number of halogens is 1. The third-order valence-electron chi connectivity index (χ3n) is 3.97. The highest BCUT2D eigenvalue weighted by atomic mass is 19.1. The van der Waals surface area contributed by atoms with Gasteiger partial charge in [-0.2, -0.15) is 0 Å². The predicted molar refractivity (Wildman–Crippen MR) is 58.3 cm³/mol. The molecule has 0 aliphatic heterocycles. The third-order valence-corrected chi connectivity index (χ3v) is 3.97. The number of benzene rings is 1. The lowest BCUT2D eigenvalue weighted by atomic mass is 9.86. The maximum absolute atomic E-state index is 13.4. The molecule has 1 unspecified atom stereocenters. The van der Waals surface area contributed by atoms with E-state index in [0.717, 1.165) is 12.0 Å². The summed E-state index contributed by atoms with van der Waals surface area (Å²) in [5, 5.41) is 9.54. The first-order valence-corrected chi connectivity index (χ1v) is 5.31. The van der Waals surface area contributed by atoms with Crippen molar-refractivity contribution < 1.29 is 9.50 Å². The van der Waals surface area contributed by atoms with Gasteiger partial charge in [0, 0.05) is 5.41 Å². The van der Waals surface area contributed by atoms with Crippen LogP contribution in [-0.2, 0) is 5.41 Å². The van der Waals surface area contributed by atoms with Crippen LogP contribution in [0.5, 0.6) is 0 Å². The smallest absolute Gasteiger partial charge is 0.126 e. The molecular formula is C13H17FO. The minimum absolute atomic E-state index is 0.0836. The molecule has 1 aliphatic carbocycles. The fraction of sp³-hybridized carbons (Fsp3) is 0.538. The van der Waals surface area contributed by atoms with Gasteiger partial charge in [-0.25, -0.2) is 4.39 Å². The molecule has 1 saturated carbocycles. The molecule has 1 fully saturated rings. The Hall–Kier alpha value is -0.890. The van der Waals surface area contributed by atoms with Gasteiger partial charge in [-0.05, 0) is 36.0 Å². The summed E-state index contributed by atoms with van der Waals surface area (Å²) in [6, 6.07) is 5.13. The van der Waals surface area contributed by atoms with E-state index < -0.39 is 0 Å². The lowest BCUT2D eigenvalue weighted by Crippen LogP contribution is -2.20. The van der Waals surface area contributed by atoms with Gasteiger partial charge in [0.05, 0.1) is 6.61 Å². The Balaban J connectivity index is 2.51. The van der Waals surface area contributed by atoms with E-state index in [2.05, 4.69) is 13.8 Å². The number of hydrogen-bond acceptors (Lipinski definition) is 1. The van der Waals surface area contributed by atoms with Gasteiger partial charge in [0.2, 0.25) is 0 Å². The van der Waals surface area contributed by atoms with Crippen LogP contribution in [0.2, 0.25) is 0 Å². The molecule has 1 N–H and O–H groups in total. The summed E-state index contributed by atoms with van der Waals surface area (Å²) in [5.41, 5.74) is 1.51. The van der Waals surface area contributed by atoms with E-state index in [4.69, 9.17) is 0 Å². The molecule has 0 saturated heterocycles. The van der Waals surface area contributed by atoms with E-state index in [-0.39, 0.29) is 23.3 Å². The molecule has 2 heteroatoms. The molecule has 1 atom stereocenters. The molecule has 0 radical (unpaired) electrons. The van der Waals surface area contributed by atoms with E-state index >= 15 is 0 Å². The maximum atomic E-state index is 13.4. The van der Waals surface area contributed by atoms with Crippen LogP contribution in [-0.4, -0.2) is 11.7 Å². The van der Waals surface area contributed by atoms with Gasteiger partial charge in [-0.3, -0.25) is 0 Å². The van der Waals surface area contributed by atoms with Crippen molar-refractivity contribution in [3.05, 3.63) is 35.1 Å². The van der Waals surface area contributed by atoms with E-state index in [1.54, 1.807) is 13.0 Å². The molecule has 1 aromatic rings. The zero-order valence-electron chi connectivity index (χ0n) is 9.47. The molecule has 1 nitrogen and oxygen atoms in total. The normalized spacial score (nSPS) is 27.8. The maximum Gasteiger partial charge on any atom is 0.126 e. The molecule has 0 bridgehead atoms. The molecule has 15 heavy (non-hydrogen) atoms. The minimum atomic E-state index is -0.223. The van der Waals surface area contributed by atoms with Crippen molar-refractivity contribution in [3.8, 4) is 0 Å². The zero-order valence-corrected chi connectivity index (χ0v) is 9.47. The second kappa shape index (κ2) is 3.05. The number of rotatable bonds is 2. The van der Waals surface area contributed by atoms with Crippen LogP contribution >= 0.6 is 0 Å². The van der Waals surface area contributed by atoms with Crippen LogP contribution in [0.15, 0.2) is 18.2 Å². The van der Waals surface area contributed by atoms with Crippen LogP contribution in [0.25, 0.3) is 0 Å². The SMILES string of the molecule is Cc1c(F)cccc1C1(CO)CC1(C)C. The monoisotopic (exact) mass is 208 g/mol. The average molecular weight is 208 g/mol. The van der Waals surface area contributed by atoms with Crippen molar-refractivity contribution in [1.82, 2.24) is 0 Å². The number of hydrogen-bond donors (Lipinski definition) is 1. The first-order valence-electron chi connectivity index (χ1n) is 5.31. The molecule has 1 aliphatic rings. The van der Waals surface area contributed by atoms with Crippen molar-refractivity contribution in [2.24, 2.45) is 5.41 Å². The first-order chi connectivity index (χ1) is 6.94. The standard InChI is InChI=1S/C13H17FO/c1-9-10(5-4-6-11(9)14)13(8-15)7-12(13,2)3/h4-6,15H,7-8H2,1-3H3. The molecule has 0 amide bonds. The van der Waals surface area contributed by atoms with Crippen LogP contribution in [0.1, 0.15) is 31.4 Å². The van der Waals surface area contributed by atoms with E-state index in [1.807, 2.05) is 6.07 Å². The summed E-state index contributed by atoms with van der Waals surface area (Å²) in [5.74, 6) is -0.178. The summed E-state index contributed by atoms with van der Waals surface area (Å²) >= 11 is 0. The highest BCUT2D eigenvalue weighted by molar-refractivity contribution is 5.42. The Kier molecular flexibility index (Phi) is 2.16. The van der Waals surface area contributed by atoms with Crippen molar-refractivity contribution >= 4 is 0 Å². The first kappa shape index (κ1) is 10.6. The highest BCUT2D eigenvalue weighted by Gasteiger charge is 2.62. The molecule has 0 aromatic heterocycles. The Morgan fingerprint density at radius 3 is 2.47 bits per heavy atom. The van der Waals surface area contributed by atoms with Crippen molar-refractivity contribution in [2.75, 3.05) is 6.61 Å². The molecule has 0 spiro atoms. The average Bonchev–Trinajstić information content (AvgIpc) is 2.74. The fourth-order valence-electron chi connectivity index (χ4n) is 2.65. The van der Waals surface area contributed by atoms with Gasteiger partial charge >= 0.3 is 0 Å². The molecule has 82 valence electrons. The summed E-state index contributed by atoms with van der Waals surface area (Å²) in [7, 11) is 0.